The van der Waals surface area contributed by atoms with E-state index in [0.717, 1.165) is 25.3 Å². The van der Waals surface area contributed by atoms with Gasteiger partial charge in [-0.05, 0) is 45.2 Å². The van der Waals surface area contributed by atoms with Gasteiger partial charge in [0.25, 0.3) is 0 Å². The summed E-state index contributed by atoms with van der Waals surface area (Å²) in [4.78, 5) is 2.44. The van der Waals surface area contributed by atoms with Gasteiger partial charge in [-0.2, -0.15) is 0 Å². The van der Waals surface area contributed by atoms with Crippen molar-refractivity contribution in [1.82, 2.24) is 4.90 Å². The third kappa shape index (κ3) is 5.78. The van der Waals surface area contributed by atoms with Crippen molar-refractivity contribution >= 4 is 5.84 Å². The van der Waals surface area contributed by atoms with Crippen molar-refractivity contribution in [3.63, 3.8) is 0 Å². The first-order chi connectivity index (χ1) is 7.18. The molecule has 0 aliphatic heterocycles. The first-order valence-corrected chi connectivity index (χ1v) is 6.20. The van der Waals surface area contributed by atoms with E-state index in [9.17, 15) is 0 Å². The lowest BCUT2D eigenvalue weighted by atomic mass is 10.1. The fourth-order valence-corrected chi connectivity index (χ4v) is 2.42. The molecule has 0 aromatic carbocycles. The van der Waals surface area contributed by atoms with Gasteiger partial charge in [0.05, 0.1) is 5.84 Å². The quantitative estimate of drug-likeness (QED) is 0.385. The van der Waals surface area contributed by atoms with Crippen LogP contribution in [0.3, 0.4) is 0 Å². The largest absolute Gasteiger partial charge is 0.388 e. The molecule has 1 rings (SSSR count). The Balaban J connectivity index is 1.97. The van der Waals surface area contributed by atoms with Crippen LogP contribution in [0.5, 0.6) is 0 Å². The van der Waals surface area contributed by atoms with Crippen LogP contribution in [0.4, 0.5) is 0 Å². The van der Waals surface area contributed by atoms with Crippen molar-refractivity contribution in [3.05, 3.63) is 0 Å². The molecule has 0 amide bonds. The molecular weight excluding hydrogens is 186 g/mol. The Bertz CT molecular complexity index is 185. The highest BCUT2D eigenvalue weighted by molar-refractivity contribution is 5.76. The monoisotopic (exact) mass is 211 g/mol. The molecule has 0 atom stereocenters. The lowest BCUT2D eigenvalue weighted by Crippen LogP contribution is -2.25. The molecule has 3 nitrogen and oxygen atoms in total. The van der Waals surface area contributed by atoms with Gasteiger partial charge < -0.3 is 10.6 Å². The number of nitrogens with zero attached hydrogens (tertiary/aromatic N) is 1. The van der Waals surface area contributed by atoms with E-state index in [0.29, 0.717) is 5.84 Å². The molecule has 0 aromatic rings. The Morgan fingerprint density at radius 3 is 2.60 bits per heavy atom. The Hall–Kier alpha value is -0.570. The van der Waals surface area contributed by atoms with Crippen molar-refractivity contribution in [2.45, 2.75) is 44.9 Å². The molecule has 0 heterocycles. The average molecular weight is 211 g/mol. The Labute approximate surface area is 93.5 Å². The number of nitrogens with two attached hydrogens (primary N) is 1. The normalized spacial score (nSPS) is 17.5. The highest BCUT2D eigenvalue weighted by Crippen LogP contribution is 2.25. The van der Waals surface area contributed by atoms with Crippen molar-refractivity contribution in [1.29, 1.82) is 5.41 Å². The molecule has 1 aliphatic rings. The SMILES string of the molecule is CN(CCCCC(=N)N)CC1CCCC1. The average Bonchev–Trinajstić information content (AvgIpc) is 2.64. The molecule has 0 radical (unpaired) electrons. The number of nitrogens with one attached hydrogen (secondary N) is 1. The summed E-state index contributed by atoms with van der Waals surface area (Å²) < 4.78 is 0. The second-order valence-corrected chi connectivity index (χ2v) is 4.90. The molecule has 0 aromatic heterocycles. The highest BCUT2D eigenvalue weighted by Gasteiger charge is 2.16. The molecule has 0 spiro atoms. The Morgan fingerprint density at radius 1 is 1.33 bits per heavy atom. The molecule has 1 fully saturated rings. The predicted octanol–water partition coefficient (Wildman–Crippen LogP) is 2.21. The highest BCUT2D eigenvalue weighted by atomic mass is 15.1. The van der Waals surface area contributed by atoms with Crippen LogP contribution in [0, 0.1) is 11.3 Å². The van der Waals surface area contributed by atoms with Crippen LogP contribution in [-0.2, 0) is 0 Å². The van der Waals surface area contributed by atoms with Crippen LogP contribution >= 0.6 is 0 Å². The van der Waals surface area contributed by atoms with Gasteiger partial charge in [0.2, 0.25) is 0 Å². The van der Waals surface area contributed by atoms with E-state index in [-0.39, 0.29) is 0 Å². The van der Waals surface area contributed by atoms with Crippen LogP contribution in [0.15, 0.2) is 0 Å². The minimum absolute atomic E-state index is 0.327. The number of hydrogen-bond donors (Lipinski definition) is 2. The maximum absolute atomic E-state index is 7.13. The smallest absolute Gasteiger partial charge is 0.0905 e. The fraction of sp³-hybridized carbons (Fsp3) is 0.917. The van der Waals surface area contributed by atoms with Crippen molar-refractivity contribution in [2.24, 2.45) is 11.7 Å². The van der Waals surface area contributed by atoms with E-state index >= 15 is 0 Å². The van der Waals surface area contributed by atoms with E-state index in [4.69, 9.17) is 11.1 Å². The minimum atomic E-state index is 0.327. The van der Waals surface area contributed by atoms with Crippen LogP contribution in [-0.4, -0.2) is 30.9 Å². The van der Waals surface area contributed by atoms with E-state index < -0.39 is 0 Å². The summed E-state index contributed by atoms with van der Waals surface area (Å²) in [6, 6.07) is 0. The van der Waals surface area contributed by atoms with E-state index in [1.165, 1.54) is 38.6 Å². The van der Waals surface area contributed by atoms with Crippen LogP contribution in [0.1, 0.15) is 44.9 Å². The van der Waals surface area contributed by atoms with Gasteiger partial charge in [0, 0.05) is 13.0 Å². The van der Waals surface area contributed by atoms with Crippen LogP contribution in [0.2, 0.25) is 0 Å². The standard InChI is InChI=1S/C12H25N3/c1-15(9-5-4-8-12(13)14)10-11-6-2-3-7-11/h11H,2-10H2,1H3,(H3,13,14). The van der Waals surface area contributed by atoms with Crippen molar-refractivity contribution in [3.8, 4) is 0 Å². The van der Waals surface area contributed by atoms with Gasteiger partial charge in [-0.15, -0.1) is 0 Å². The molecule has 15 heavy (non-hydrogen) atoms. The topological polar surface area (TPSA) is 53.1 Å². The Morgan fingerprint density at radius 2 is 2.00 bits per heavy atom. The molecule has 3 N–H and O–H groups in total. The minimum Gasteiger partial charge on any atom is -0.388 e. The summed E-state index contributed by atoms with van der Waals surface area (Å²) in [5.74, 6) is 1.27. The zero-order valence-corrected chi connectivity index (χ0v) is 9.97. The number of unbranched alkanes of at least 4 members (excludes halogenated alkanes) is 1. The summed E-state index contributed by atoms with van der Waals surface area (Å²) in [5.41, 5.74) is 5.31. The van der Waals surface area contributed by atoms with E-state index in [2.05, 4.69) is 11.9 Å². The predicted molar refractivity (Wildman–Crippen MR) is 65.2 cm³/mol. The lowest BCUT2D eigenvalue weighted by molar-refractivity contribution is 0.273. The summed E-state index contributed by atoms with van der Waals surface area (Å²) in [7, 11) is 2.21. The van der Waals surface area contributed by atoms with Crippen LogP contribution in [0.25, 0.3) is 0 Å². The molecular formula is C12H25N3. The van der Waals surface area contributed by atoms with Crippen molar-refractivity contribution in [2.75, 3.05) is 20.1 Å². The lowest BCUT2D eigenvalue weighted by Gasteiger charge is -2.20. The van der Waals surface area contributed by atoms with E-state index in [1.807, 2.05) is 0 Å². The van der Waals surface area contributed by atoms with Gasteiger partial charge in [-0.25, -0.2) is 0 Å². The zero-order chi connectivity index (χ0) is 11.1. The molecule has 1 aliphatic carbocycles. The number of hydrogen-bond acceptors (Lipinski definition) is 2. The summed E-state index contributed by atoms with van der Waals surface area (Å²) in [6.07, 6.45) is 8.71. The van der Waals surface area contributed by atoms with Gasteiger partial charge in [0.15, 0.2) is 0 Å². The Kier molecular flexibility index (Phi) is 5.69. The van der Waals surface area contributed by atoms with E-state index in [1.54, 1.807) is 0 Å². The van der Waals surface area contributed by atoms with Crippen LogP contribution < -0.4 is 5.73 Å². The first-order valence-electron chi connectivity index (χ1n) is 6.20. The summed E-state index contributed by atoms with van der Waals surface area (Å²) in [6.45, 7) is 2.42. The maximum atomic E-state index is 7.13. The zero-order valence-electron chi connectivity index (χ0n) is 9.97. The second kappa shape index (κ2) is 6.83. The number of rotatable bonds is 7. The molecule has 3 heteroatoms. The third-order valence-electron chi connectivity index (χ3n) is 3.28. The third-order valence-corrected chi connectivity index (χ3v) is 3.28. The van der Waals surface area contributed by atoms with Gasteiger partial charge in [-0.1, -0.05) is 12.8 Å². The molecule has 0 bridgehead atoms. The second-order valence-electron chi connectivity index (χ2n) is 4.90. The molecule has 1 saturated carbocycles. The molecule has 0 unspecified atom stereocenters. The van der Waals surface area contributed by atoms with Gasteiger partial charge in [0.1, 0.15) is 0 Å². The summed E-state index contributed by atoms with van der Waals surface area (Å²) in [5, 5.41) is 7.13. The first kappa shape index (κ1) is 12.5. The molecule has 0 saturated heterocycles. The van der Waals surface area contributed by atoms with Gasteiger partial charge >= 0.3 is 0 Å². The van der Waals surface area contributed by atoms with Crippen molar-refractivity contribution < 1.29 is 0 Å². The van der Waals surface area contributed by atoms with Gasteiger partial charge in [-0.3, -0.25) is 5.41 Å². The molecule has 88 valence electrons. The maximum Gasteiger partial charge on any atom is 0.0905 e. The summed E-state index contributed by atoms with van der Waals surface area (Å²) >= 11 is 0. The number of amidine groups is 1. The fourth-order valence-electron chi connectivity index (χ4n) is 2.42.